The fourth-order valence-electron chi connectivity index (χ4n) is 4.39. The number of aryl methyl sites for hydroxylation is 1. The molecule has 0 bridgehead atoms. The van der Waals surface area contributed by atoms with E-state index >= 15 is 0 Å². The van der Waals surface area contributed by atoms with E-state index in [-0.39, 0.29) is 16.2 Å². The van der Waals surface area contributed by atoms with Crippen LogP contribution in [0.1, 0.15) is 76.1 Å². The Hall–Kier alpha value is -0.820. The molecule has 1 nitrogen and oxygen atoms in total. The third kappa shape index (κ3) is 2.16. The van der Waals surface area contributed by atoms with Gasteiger partial charge in [0.15, 0.2) is 0 Å². The summed E-state index contributed by atoms with van der Waals surface area (Å²) in [7, 11) is 0. The largest absolute Gasteiger partial charge is 0.396 e. The van der Waals surface area contributed by atoms with Crippen LogP contribution in [-0.4, -0.2) is 11.7 Å². The molecule has 1 heteroatoms. The average molecular weight is 286 g/mol. The molecule has 1 N–H and O–H groups in total. The first-order chi connectivity index (χ1) is 9.62. The highest BCUT2D eigenvalue weighted by atomic mass is 16.3. The molecular formula is C20H30O. The molecule has 1 aromatic rings. The van der Waals surface area contributed by atoms with Gasteiger partial charge >= 0.3 is 0 Å². The first kappa shape index (κ1) is 15.1. The van der Waals surface area contributed by atoms with Crippen LogP contribution in [0.15, 0.2) is 12.1 Å². The standard InChI is InChI=1S/C20H30O/c1-13-9-16-17(19(4,5)8-7-18(16,2)3)10-15(13)20(6)11-14(20)12-21/h9-10,14,21H,7-8,11-12H2,1-6H3. The summed E-state index contributed by atoms with van der Waals surface area (Å²) in [5.74, 6) is 0.453. The van der Waals surface area contributed by atoms with Crippen molar-refractivity contribution >= 4 is 0 Å². The Morgan fingerprint density at radius 2 is 1.48 bits per heavy atom. The van der Waals surface area contributed by atoms with Crippen molar-refractivity contribution in [1.82, 2.24) is 0 Å². The van der Waals surface area contributed by atoms with E-state index in [9.17, 15) is 5.11 Å². The normalized spacial score (nSPS) is 32.6. The maximum absolute atomic E-state index is 9.52. The molecule has 2 atom stereocenters. The van der Waals surface area contributed by atoms with Crippen LogP contribution in [0.5, 0.6) is 0 Å². The fraction of sp³-hybridized carbons (Fsp3) is 0.700. The number of fused-ring (bicyclic) bond motifs is 1. The number of benzene rings is 1. The van der Waals surface area contributed by atoms with E-state index in [1.54, 1.807) is 11.1 Å². The molecule has 0 aromatic heterocycles. The Morgan fingerprint density at radius 3 is 1.95 bits per heavy atom. The van der Waals surface area contributed by atoms with Gasteiger partial charge in [0, 0.05) is 6.61 Å². The minimum atomic E-state index is 0.200. The van der Waals surface area contributed by atoms with Crippen molar-refractivity contribution in [1.29, 1.82) is 0 Å². The van der Waals surface area contributed by atoms with Gasteiger partial charge in [0.2, 0.25) is 0 Å². The second-order valence-corrected chi connectivity index (χ2v) is 8.98. The fourth-order valence-corrected chi connectivity index (χ4v) is 4.39. The van der Waals surface area contributed by atoms with Gasteiger partial charge in [-0.3, -0.25) is 0 Å². The number of rotatable bonds is 2. The molecule has 3 rings (SSSR count). The molecule has 0 aliphatic heterocycles. The zero-order valence-corrected chi connectivity index (χ0v) is 14.5. The first-order valence-electron chi connectivity index (χ1n) is 8.39. The third-order valence-electron chi connectivity index (χ3n) is 6.44. The number of aliphatic hydroxyl groups is 1. The molecular weight excluding hydrogens is 256 g/mol. The van der Waals surface area contributed by atoms with Gasteiger partial charge in [-0.05, 0) is 70.6 Å². The lowest BCUT2D eigenvalue weighted by molar-refractivity contribution is 0.265. The van der Waals surface area contributed by atoms with Crippen LogP contribution < -0.4 is 0 Å². The lowest BCUT2D eigenvalue weighted by atomic mass is 9.62. The van der Waals surface area contributed by atoms with E-state index in [2.05, 4.69) is 53.7 Å². The molecule has 1 fully saturated rings. The monoisotopic (exact) mass is 286 g/mol. The molecule has 0 radical (unpaired) electrons. The maximum Gasteiger partial charge on any atom is 0.0468 e. The molecule has 0 heterocycles. The predicted molar refractivity (Wildman–Crippen MR) is 89.0 cm³/mol. The van der Waals surface area contributed by atoms with Crippen molar-refractivity contribution in [3.63, 3.8) is 0 Å². The highest BCUT2D eigenvalue weighted by Crippen LogP contribution is 2.56. The van der Waals surface area contributed by atoms with E-state index in [0.717, 1.165) is 6.42 Å². The second kappa shape index (κ2) is 4.35. The average Bonchev–Trinajstić information content (AvgIpc) is 3.07. The van der Waals surface area contributed by atoms with Gasteiger partial charge in [0.25, 0.3) is 0 Å². The molecule has 2 aliphatic carbocycles. The van der Waals surface area contributed by atoms with Crippen molar-refractivity contribution in [3.05, 3.63) is 34.4 Å². The summed E-state index contributed by atoms with van der Waals surface area (Å²) in [5.41, 5.74) is 6.74. The summed E-state index contributed by atoms with van der Waals surface area (Å²) in [6.45, 7) is 14.4. The quantitative estimate of drug-likeness (QED) is 0.841. The van der Waals surface area contributed by atoms with Crippen LogP contribution in [0.3, 0.4) is 0 Å². The molecule has 2 unspecified atom stereocenters. The summed E-state index contributed by atoms with van der Waals surface area (Å²) in [6.07, 6.45) is 3.66. The number of hydrogen-bond donors (Lipinski definition) is 1. The summed E-state index contributed by atoms with van der Waals surface area (Å²) in [6, 6.07) is 4.94. The van der Waals surface area contributed by atoms with Crippen molar-refractivity contribution in [2.24, 2.45) is 5.92 Å². The Bertz CT molecular complexity index is 582. The Balaban J connectivity index is 2.16. The van der Waals surface area contributed by atoms with E-state index in [4.69, 9.17) is 0 Å². The molecule has 0 saturated heterocycles. The van der Waals surface area contributed by atoms with Crippen LogP contribution in [-0.2, 0) is 16.2 Å². The van der Waals surface area contributed by atoms with Crippen molar-refractivity contribution < 1.29 is 5.11 Å². The van der Waals surface area contributed by atoms with Crippen LogP contribution in [0, 0.1) is 12.8 Å². The minimum Gasteiger partial charge on any atom is -0.396 e. The molecule has 116 valence electrons. The lowest BCUT2D eigenvalue weighted by Crippen LogP contribution is -2.34. The van der Waals surface area contributed by atoms with Crippen LogP contribution in [0.2, 0.25) is 0 Å². The molecule has 1 aromatic carbocycles. The van der Waals surface area contributed by atoms with E-state index in [0.29, 0.717) is 12.5 Å². The Morgan fingerprint density at radius 1 is 0.952 bits per heavy atom. The molecule has 0 amide bonds. The molecule has 1 saturated carbocycles. The zero-order valence-electron chi connectivity index (χ0n) is 14.5. The lowest BCUT2D eigenvalue weighted by Gasteiger charge is -2.42. The summed E-state index contributed by atoms with van der Waals surface area (Å²) >= 11 is 0. The van der Waals surface area contributed by atoms with Gasteiger partial charge < -0.3 is 5.11 Å². The van der Waals surface area contributed by atoms with Crippen molar-refractivity contribution in [2.75, 3.05) is 6.61 Å². The van der Waals surface area contributed by atoms with Gasteiger partial charge in [-0.25, -0.2) is 0 Å². The third-order valence-corrected chi connectivity index (χ3v) is 6.44. The summed E-state index contributed by atoms with van der Waals surface area (Å²) in [4.78, 5) is 0. The second-order valence-electron chi connectivity index (χ2n) is 8.98. The highest BCUT2D eigenvalue weighted by Gasteiger charge is 2.52. The smallest absolute Gasteiger partial charge is 0.0468 e. The SMILES string of the molecule is Cc1cc2c(cc1C1(C)CC1CO)C(C)(C)CCC2(C)C. The van der Waals surface area contributed by atoms with Gasteiger partial charge in [0.1, 0.15) is 0 Å². The van der Waals surface area contributed by atoms with E-state index < -0.39 is 0 Å². The maximum atomic E-state index is 9.52. The van der Waals surface area contributed by atoms with Gasteiger partial charge in [-0.15, -0.1) is 0 Å². The van der Waals surface area contributed by atoms with E-state index in [1.165, 1.54) is 24.0 Å². The topological polar surface area (TPSA) is 20.2 Å². The Labute approximate surface area is 129 Å². The van der Waals surface area contributed by atoms with Crippen molar-refractivity contribution in [2.45, 2.75) is 77.0 Å². The molecule has 2 aliphatic rings. The molecule has 0 spiro atoms. The zero-order chi connectivity index (χ0) is 15.6. The highest BCUT2D eigenvalue weighted by molar-refractivity contribution is 5.50. The first-order valence-corrected chi connectivity index (χ1v) is 8.39. The molecule has 21 heavy (non-hydrogen) atoms. The minimum absolute atomic E-state index is 0.200. The van der Waals surface area contributed by atoms with Crippen LogP contribution >= 0.6 is 0 Å². The van der Waals surface area contributed by atoms with Crippen LogP contribution in [0.25, 0.3) is 0 Å². The van der Waals surface area contributed by atoms with Crippen molar-refractivity contribution in [3.8, 4) is 0 Å². The summed E-state index contributed by atoms with van der Waals surface area (Å²) < 4.78 is 0. The van der Waals surface area contributed by atoms with Gasteiger partial charge in [0.05, 0.1) is 0 Å². The number of aliphatic hydroxyl groups excluding tert-OH is 1. The van der Waals surface area contributed by atoms with Crippen LogP contribution in [0.4, 0.5) is 0 Å². The van der Waals surface area contributed by atoms with Gasteiger partial charge in [-0.1, -0.05) is 46.8 Å². The Kier molecular flexibility index (Phi) is 3.12. The predicted octanol–water partition coefficient (Wildman–Crippen LogP) is 4.61. The van der Waals surface area contributed by atoms with Gasteiger partial charge in [-0.2, -0.15) is 0 Å². The summed E-state index contributed by atoms with van der Waals surface area (Å²) in [5, 5.41) is 9.52. The van der Waals surface area contributed by atoms with E-state index in [1.807, 2.05) is 0 Å². The number of hydrogen-bond acceptors (Lipinski definition) is 1.